The number of nitro benzene ring substituents is 1. The standard InChI is InChI=1S/C25H30N8O3/c1-4-31-7-9-32(10-8-31)22-14-24(36-3)21(12-23(22)33(34)35)30-25-13-20(28-16-29-25)17-5-6-19(27-2)18(11-17)15-26/h5-6,11-16,26-27H,4,7-10H2,1-3H3,(H,28,29,30). The van der Waals surface area contributed by atoms with Crippen molar-refractivity contribution in [1.82, 2.24) is 14.9 Å². The Morgan fingerprint density at radius 2 is 1.92 bits per heavy atom. The first-order valence-electron chi connectivity index (χ1n) is 11.7. The molecule has 2 aromatic carbocycles. The number of hydrogen-bond acceptors (Lipinski definition) is 10. The van der Waals surface area contributed by atoms with Gasteiger partial charge in [0.05, 0.1) is 23.4 Å². The summed E-state index contributed by atoms with van der Waals surface area (Å²) >= 11 is 0. The van der Waals surface area contributed by atoms with Crippen molar-refractivity contribution in [2.24, 2.45) is 0 Å². The summed E-state index contributed by atoms with van der Waals surface area (Å²) < 4.78 is 5.60. The smallest absolute Gasteiger partial charge is 0.294 e. The molecule has 1 aliphatic rings. The third-order valence-corrected chi connectivity index (χ3v) is 6.36. The minimum atomic E-state index is -0.361. The molecule has 4 rings (SSSR count). The third kappa shape index (κ3) is 5.20. The number of methoxy groups -OCH3 is 1. The van der Waals surface area contributed by atoms with Crippen molar-refractivity contribution in [2.75, 3.05) is 62.4 Å². The van der Waals surface area contributed by atoms with E-state index in [0.29, 0.717) is 41.7 Å². The molecule has 1 aliphatic heterocycles. The fourth-order valence-corrected chi connectivity index (χ4v) is 4.32. The first-order valence-corrected chi connectivity index (χ1v) is 11.7. The van der Waals surface area contributed by atoms with Crippen LogP contribution in [0, 0.1) is 15.5 Å². The van der Waals surface area contributed by atoms with Crippen LogP contribution >= 0.6 is 0 Å². The summed E-state index contributed by atoms with van der Waals surface area (Å²) in [6, 6.07) is 10.6. The SMILES string of the molecule is CCN1CCN(c2cc(OC)c(Nc3cc(-c4ccc(NC)c(C=N)c4)ncn3)cc2[N+](=O)[O-])CC1. The Kier molecular flexibility index (Phi) is 7.59. The first-order chi connectivity index (χ1) is 17.5. The zero-order valence-corrected chi connectivity index (χ0v) is 20.6. The number of nitrogens with one attached hydrogen (secondary N) is 3. The van der Waals surface area contributed by atoms with Gasteiger partial charge in [-0.2, -0.15) is 0 Å². The van der Waals surface area contributed by atoms with Gasteiger partial charge in [-0.3, -0.25) is 10.1 Å². The lowest BCUT2D eigenvalue weighted by Gasteiger charge is -2.35. The maximum absolute atomic E-state index is 12.0. The van der Waals surface area contributed by atoms with Crippen LogP contribution in [0.25, 0.3) is 11.3 Å². The van der Waals surface area contributed by atoms with Crippen LogP contribution in [0.1, 0.15) is 12.5 Å². The Labute approximate surface area is 209 Å². The van der Waals surface area contributed by atoms with Crippen molar-refractivity contribution in [1.29, 1.82) is 5.41 Å². The lowest BCUT2D eigenvalue weighted by molar-refractivity contribution is -0.384. The Hall–Kier alpha value is -4.25. The summed E-state index contributed by atoms with van der Waals surface area (Å²) in [5, 5.41) is 25.9. The van der Waals surface area contributed by atoms with E-state index in [1.165, 1.54) is 18.6 Å². The molecule has 0 saturated carbocycles. The number of benzene rings is 2. The highest BCUT2D eigenvalue weighted by Gasteiger charge is 2.26. The summed E-state index contributed by atoms with van der Waals surface area (Å²) in [6.45, 7) is 6.22. The Morgan fingerprint density at radius 3 is 2.56 bits per heavy atom. The van der Waals surface area contributed by atoms with Gasteiger partial charge in [-0.15, -0.1) is 0 Å². The van der Waals surface area contributed by atoms with Crippen molar-refractivity contribution in [2.45, 2.75) is 6.92 Å². The Morgan fingerprint density at radius 1 is 1.14 bits per heavy atom. The quantitative estimate of drug-likeness (QED) is 0.231. The summed E-state index contributed by atoms with van der Waals surface area (Å²) in [5.74, 6) is 0.948. The molecule has 3 N–H and O–H groups in total. The molecule has 0 aliphatic carbocycles. The van der Waals surface area contributed by atoms with Gasteiger partial charge in [0, 0.05) is 74.5 Å². The van der Waals surface area contributed by atoms with E-state index in [4.69, 9.17) is 10.1 Å². The zero-order chi connectivity index (χ0) is 25.7. The molecule has 0 bridgehead atoms. The molecule has 0 spiro atoms. The minimum Gasteiger partial charge on any atom is -0.494 e. The van der Waals surface area contributed by atoms with Gasteiger partial charge in [0.25, 0.3) is 5.69 Å². The number of likely N-dealkylation sites (N-methyl/N-ethyl adjacent to an activating group) is 1. The topological polar surface area (TPSA) is 133 Å². The van der Waals surface area contributed by atoms with Crippen LogP contribution in [-0.4, -0.2) is 72.9 Å². The second-order valence-electron chi connectivity index (χ2n) is 8.33. The van der Waals surface area contributed by atoms with Crippen LogP contribution in [0.3, 0.4) is 0 Å². The highest BCUT2D eigenvalue weighted by atomic mass is 16.6. The second-order valence-corrected chi connectivity index (χ2v) is 8.33. The molecular formula is C25H30N8O3. The largest absolute Gasteiger partial charge is 0.494 e. The van der Waals surface area contributed by atoms with Crippen molar-refractivity contribution in [3.05, 3.63) is 58.4 Å². The summed E-state index contributed by atoms with van der Waals surface area (Å²) in [7, 11) is 3.34. The number of nitro groups is 1. The molecule has 11 nitrogen and oxygen atoms in total. The van der Waals surface area contributed by atoms with Crippen molar-refractivity contribution >= 4 is 34.8 Å². The molecule has 36 heavy (non-hydrogen) atoms. The maximum Gasteiger partial charge on any atom is 0.294 e. The lowest BCUT2D eigenvalue weighted by atomic mass is 10.1. The van der Waals surface area contributed by atoms with Crippen LogP contribution in [0.4, 0.5) is 28.6 Å². The third-order valence-electron chi connectivity index (χ3n) is 6.36. The van der Waals surface area contributed by atoms with Gasteiger partial charge in [0.15, 0.2) is 0 Å². The van der Waals surface area contributed by atoms with E-state index >= 15 is 0 Å². The van der Waals surface area contributed by atoms with E-state index in [1.807, 2.05) is 23.1 Å². The lowest BCUT2D eigenvalue weighted by Crippen LogP contribution is -2.46. The van der Waals surface area contributed by atoms with E-state index in [-0.39, 0.29) is 10.6 Å². The van der Waals surface area contributed by atoms with Crippen molar-refractivity contribution in [3.8, 4) is 17.0 Å². The van der Waals surface area contributed by atoms with Gasteiger partial charge < -0.3 is 30.6 Å². The molecular weight excluding hydrogens is 460 g/mol. The van der Waals surface area contributed by atoms with Gasteiger partial charge in [-0.25, -0.2) is 9.97 Å². The first kappa shape index (κ1) is 24.9. The Bertz CT molecular complexity index is 1260. The van der Waals surface area contributed by atoms with E-state index in [9.17, 15) is 10.1 Å². The average molecular weight is 491 g/mol. The van der Waals surface area contributed by atoms with Gasteiger partial charge in [0.1, 0.15) is 23.6 Å². The highest BCUT2D eigenvalue weighted by Crippen LogP contribution is 2.40. The van der Waals surface area contributed by atoms with E-state index in [2.05, 4.69) is 32.4 Å². The summed E-state index contributed by atoms with van der Waals surface area (Å²) in [5.41, 5.74) is 4.04. The van der Waals surface area contributed by atoms with E-state index in [0.717, 1.165) is 36.4 Å². The normalized spacial score (nSPS) is 13.8. The van der Waals surface area contributed by atoms with Gasteiger partial charge >= 0.3 is 0 Å². The zero-order valence-electron chi connectivity index (χ0n) is 20.6. The molecule has 0 radical (unpaired) electrons. The Balaban J connectivity index is 1.65. The number of rotatable bonds is 9. The van der Waals surface area contributed by atoms with Crippen LogP contribution in [0.5, 0.6) is 5.75 Å². The number of nitrogens with zero attached hydrogens (tertiary/aromatic N) is 5. The van der Waals surface area contributed by atoms with Crippen molar-refractivity contribution < 1.29 is 9.66 Å². The van der Waals surface area contributed by atoms with Crippen LogP contribution < -0.4 is 20.3 Å². The van der Waals surface area contributed by atoms with Gasteiger partial charge in [-0.1, -0.05) is 13.0 Å². The highest BCUT2D eigenvalue weighted by molar-refractivity contribution is 5.88. The predicted molar refractivity (Wildman–Crippen MR) is 142 cm³/mol. The molecule has 0 unspecified atom stereocenters. The second kappa shape index (κ2) is 11.0. The van der Waals surface area contributed by atoms with Crippen LogP contribution in [0.2, 0.25) is 0 Å². The number of aromatic nitrogens is 2. The molecule has 0 atom stereocenters. The fraction of sp³-hybridized carbons (Fsp3) is 0.320. The molecule has 0 amide bonds. The molecule has 2 heterocycles. The molecule has 1 fully saturated rings. The van der Waals surface area contributed by atoms with Crippen LogP contribution in [-0.2, 0) is 0 Å². The predicted octanol–water partition coefficient (Wildman–Crippen LogP) is 3.99. The minimum absolute atomic E-state index is 0.0100. The number of ether oxygens (including phenoxy) is 1. The van der Waals surface area contributed by atoms with E-state index < -0.39 is 0 Å². The number of piperazine rings is 1. The van der Waals surface area contributed by atoms with Gasteiger partial charge in [0.2, 0.25) is 0 Å². The average Bonchev–Trinajstić information content (AvgIpc) is 2.92. The summed E-state index contributed by atoms with van der Waals surface area (Å²) in [6.07, 6.45) is 2.71. The molecule has 188 valence electrons. The number of anilines is 4. The number of hydrogen-bond donors (Lipinski definition) is 3. The van der Waals surface area contributed by atoms with Crippen LogP contribution in [0.15, 0.2) is 42.7 Å². The fourth-order valence-electron chi connectivity index (χ4n) is 4.32. The van der Waals surface area contributed by atoms with Crippen molar-refractivity contribution in [3.63, 3.8) is 0 Å². The summed E-state index contributed by atoms with van der Waals surface area (Å²) in [4.78, 5) is 24.6. The van der Waals surface area contributed by atoms with Gasteiger partial charge in [-0.05, 0) is 18.7 Å². The molecule has 3 aromatic rings. The monoisotopic (exact) mass is 490 g/mol. The van der Waals surface area contributed by atoms with E-state index in [1.54, 1.807) is 26.3 Å². The maximum atomic E-state index is 12.0. The molecule has 11 heteroatoms. The molecule has 1 aromatic heterocycles. The molecule has 1 saturated heterocycles.